The molecule has 0 saturated carbocycles. The second kappa shape index (κ2) is 10.8. The molecule has 0 spiro atoms. The third-order valence-electron chi connectivity index (χ3n) is 4.42. The molecule has 0 aliphatic carbocycles. The number of anilines is 1. The van der Waals surface area contributed by atoms with Crippen molar-refractivity contribution in [2.24, 2.45) is 4.99 Å². The number of rotatable bonds is 5. The molecule has 2 aromatic rings. The monoisotopic (exact) mass is 501 g/mol. The number of benzene rings is 1. The fourth-order valence-electron chi connectivity index (χ4n) is 3.13. The molecule has 27 heavy (non-hydrogen) atoms. The van der Waals surface area contributed by atoms with Crippen LogP contribution in [0.2, 0.25) is 0 Å². The van der Waals surface area contributed by atoms with Crippen LogP contribution in [0.3, 0.4) is 0 Å². The summed E-state index contributed by atoms with van der Waals surface area (Å²) in [6, 6.07) is 8.55. The number of ether oxygens (including phenoxy) is 1. The van der Waals surface area contributed by atoms with Crippen molar-refractivity contribution in [1.29, 1.82) is 0 Å². The highest BCUT2D eigenvalue weighted by Crippen LogP contribution is 2.21. The van der Waals surface area contributed by atoms with Crippen LogP contribution < -0.4 is 10.2 Å². The van der Waals surface area contributed by atoms with E-state index in [2.05, 4.69) is 54.7 Å². The third kappa shape index (κ3) is 6.05. The summed E-state index contributed by atoms with van der Waals surface area (Å²) in [7, 11) is 3.86. The zero-order valence-corrected chi connectivity index (χ0v) is 19.3. The molecule has 1 aliphatic rings. The lowest BCUT2D eigenvalue weighted by Gasteiger charge is -2.31. The topological polar surface area (TPSA) is 53.0 Å². The second-order valence-electron chi connectivity index (χ2n) is 6.34. The number of hydrogen-bond donors (Lipinski definition) is 1. The standard InChI is InChI=1S/C19H27N5OS.HI/c1-15-22-17(14-26-15)13-23(3)19(20-2)21-12-16-6-4-5-7-18(16)24-8-10-25-11-9-24;/h4-7,14H,8-13H2,1-3H3,(H,20,21);1H. The van der Waals surface area contributed by atoms with Crippen molar-refractivity contribution in [3.63, 3.8) is 0 Å². The zero-order valence-electron chi connectivity index (χ0n) is 16.1. The highest BCUT2D eigenvalue weighted by molar-refractivity contribution is 14.0. The molecule has 2 heterocycles. The fourth-order valence-corrected chi connectivity index (χ4v) is 3.73. The fraction of sp³-hybridized carbons (Fsp3) is 0.474. The van der Waals surface area contributed by atoms with Gasteiger partial charge >= 0.3 is 0 Å². The normalized spacial score (nSPS) is 14.6. The number of nitrogens with zero attached hydrogens (tertiary/aromatic N) is 4. The molecule has 1 saturated heterocycles. The average molecular weight is 501 g/mol. The minimum Gasteiger partial charge on any atom is -0.378 e. The van der Waals surface area contributed by atoms with Crippen LogP contribution in [0.15, 0.2) is 34.6 Å². The summed E-state index contributed by atoms with van der Waals surface area (Å²) in [5.41, 5.74) is 3.62. The largest absolute Gasteiger partial charge is 0.378 e. The smallest absolute Gasteiger partial charge is 0.194 e. The Morgan fingerprint density at radius 2 is 2.07 bits per heavy atom. The van der Waals surface area contributed by atoms with E-state index in [9.17, 15) is 0 Å². The van der Waals surface area contributed by atoms with Crippen molar-refractivity contribution in [2.75, 3.05) is 45.3 Å². The molecular weight excluding hydrogens is 473 g/mol. The number of aromatic nitrogens is 1. The first kappa shape index (κ1) is 21.9. The molecule has 1 N–H and O–H groups in total. The Kier molecular flexibility index (Phi) is 8.78. The molecule has 1 aromatic carbocycles. The molecule has 1 fully saturated rings. The molecule has 8 heteroatoms. The Morgan fingerprint density at radius 1 is 1.33 bits per heavy atom. The van der Waals surface area contributed by atoms with Crippen LogP contribution in [0.25, 0.3) is 0 Å². The van der Waals surface area contributed by atoms with Gasteiger partial charge < -0.3 is 19.9 Å². The van der Waals surface area contributed by atoms with Gasteiger partial charge in [-0.2, -0.15) is 0 Å². The van der Waals surface area contributed by atoms with Crippen molar-refractivity contribution < 1.29 is 4.74 Å². The van der Waals surface area contributed by atoms with E-state index in [0.717, 1.165) is 56.1 Å². The predicted molar refractivity (Wildman–Crippen MR) is 123 cm³/mol. The molecule has 0 amide bonds. The van der Waals surface area contributed by atoms with Crippen LogP contribution >= 0.6 is 35.3 Å². The van der Waals surface area contributed by atoms with Crippen LogP contribution in [0.1, 0.15) is 16.3 Å². The number of nitrogens with one attached hydrogen (secondary N) is 1. The zero-order chi connectivity index (χ0) is 18.4. The minimum atomic E-state index is 0. The first-order valence-corrected chi connectivity index (χ1v) is 9.78. The van der Waals surface area contributed by atoms with Gasteiger partial charge in [-0.3, -0.25) is 4.99 Å². The van der Waals surface area contributed by atoms with Gasteiger partial charge in [0.25, 0.3) is 0 Å². The van der Waals surface area contributed by atoms with E-state index in [1.165, 1.54) is 11.3 Å². The van der Waals surface area contributed by atoms with Crippen LogP contribution in [0.5, 0.6) is 0 Å². The highest BCUT2D eigenvalue weighted by Gasteiger charge is 2.15. The summed E-state index contributed by atoms with van der Waals surface area (Å²) in [6.07, 6.45) is 0. The summed E-state index contributed by atoms with van der Waals surface area (Å²) in [4.78, 5) is 13.5. The van der Waals surface area contributed by atoms with Crippen molar-refractivity contribution in [1.82, 2.24) is 15.2 Å². The Morgan fingerprint density at radius 3 is 2.74 bits per heavy atom. The van der Waals surface area contributed by atoms with E-state index in [1.54, 1.807) is 11.3 Å². The maximum atomic E-state index is 5.48. The number of guanidine groups is 1. The van der Waals surface area contributed by atoms with Crippen molar-refractivity contribution in [2.45, 2.75) is 20.0 Å². The number of halogens is 1. The first-order valence-electron chi connectivity index (χ1n) is 8.91. The van der Waals surface area contributed by atoms with Gasteiger partial charge in [0.1, 0.15) is 0 Å². The Labute approximate surface area is 182 Å². The number of aliphatic imine (C=N–C) groups is 1. The van der Waals surface area contributed by atoms with E-state index in [0.29, 0.717) is 0 Å². The number of para-hydroxylation sites is 1. The number of morpholine rings is 1. The average Bonchev–Trinajstić information content (AvgIpc) is 3.08. The molecule has 1 aliphatic heterocycles. The van der Waals surface area contributed by atoms with Crippen molar-refractivity contribution >= 4 is 47.0 Å². The molecule has 3 rings (SSSR count). The predicted octanol–water partition coefficient (Wildman–Crippen LogP) is 3.11. The van der Waals surface area contributed by atoms with Crippen molar-refractivity contribution in [3.8, 4) is 0 Å². The van der Waals surface area contributed by atoms with Gasteiger partial charge in [-0.1, -0.05) is 18.2 Å². The molecule has 0 atom stereocenters. The number of thiazole rings is 1. The molecule has 148 valence electrons. The van der Waals surface area contributed by atoms with Gasteiger partial charge in [-0.05, 0) is 18.6 Å². The Balaban J connectivity index is 0.00000261. The molecule has 0 radical (unpaired) electrons. The van der Waals surface area contributed by atoms with Crippen LogP contribution in [0, 0.1) is 6.92 Å². The Bertz CT molecular complexity index is 745. The molecule has 0 unspecified atom stereocenters. The molecule has 1 aromatic heterocycles. The van der Waals surface area contributed by atoms with Gasteiger partial charge in [0.15, 0.2) is 5.96 Å². The maximum absolute atomic E-state index is 5.48. The van der Waals surface area contributed by atoms with Gasteiger partial charge in [0, 0.05) is 44.8 Å². The van der Waals surface area contributed by atoms with E-state index in [4.69, 9.17) is 4.74 Å². The molecule has 6 nitrogen and oxygen atoms in total. The lowest BCUT2D eigenvalue weighted by Crippen LogP contribution is -2.39. The lowest BCUT2D eigenvalue weighted by atomic mass is 10.1. The van der Waals surface area contributed by atoms with Gasteiger partial charge in [-0.25, -0.2) is 4.98 Å². The number of aryl methyl sites for hydroxylation is 1. The molecule has 0 bridgehead atoms. The summed E-state index contributed by atoms with van der Waals surface area (Å²) >= 11 is 1.68. The lowest BCUT2D eigenvalue weighted by molar-refractivity contribution is 0.122. The van der Waals surface area contributed by atoms with E-state index in [-0.39, 0.29) is 24.0 Å². The van der Waals surface area contributed by atoms with Crippen LogP contribution in [-0.2, 0) is 17.8 Å². The quantitative estimate of drug-likeness (QED) is 0.388. The summed E-state index contributed by atoms with van der Waals surface area (Å²) in [5.74, 6) is 0.868. The Hall–Kier alpha value is -1.39. The SMILES string of the molecule is CN=C(NCc1ccccc1N1CCOCC1)N(C)Cc1csc(C)n1.I. The van der Waals surface area contributed by atoms with E-state index in [1.807, 2.05) is 21.0 Å². The van der Waals surface area contributed by atoms with E-state index < -0.39 is 0 Å². The van der Waals surface area contributed by atoms with Crippen LogP contribution in [-0.4, -0.2) is 56.2 Å². The van der Waals surface area contributed by atoms with Crippen LogP contribution in [0.4, 0.5) is 5.69 Å². The third-order valence-corrected chi connectivity index (χ3v) is 5.24. The first-order chi connectivity index (χ1) is 12.7. The number of hydrogen-bond acceptors (Lipinski definition) is 5. The second-order valence-corrected chi connectivity index (χ2v) is 7.41. The van der Waals surface area contributed by atoms with Crippen molar-refractivity contribution in [3.05, 3.63) is 45.9 Å². The van der Waals surface area contributed by atoms with Gasteiger partial charge in [0.05, 0.1) is 30.5 Å². The highest BCUT2D eigenvalue weighted by atomic mass is 127. The summed E-state index contributed by atoms with van der Waals surface area (Å²) in [6.45, 7) is 6.97. The van der Waals surface area contributed by atoms with Gasteiger partial charge in [0.2, 0.25) is 0 Å². The summed E-state index contributed by atoms with van der Waals surface area (Å²) in [5, 5.41) is 6.68. The maximum Gasteiger partial charge on any atom is 0.194 e. The van der Waals surface area contributed by atoms with E-state index >= 15 is 0 Å². The minimum absolute atomic E-state index is 0. The summed E-state index contributed by atoms with van der Waals surface area (Å²) < 4.78 is 5.48. The van der Waals surface area contributed by atoms with Gasteiger partial charge in [-0.15, -0.1) is 35.3 Å². The molecular formula is C19H28IN5OS.